The van der Waals surface area contributed by atoms with Crippen molar-refractivity contribution in [2.24, 2.45) is 0 Å². The fraction of sp³-hybridized carbons (Fsp3) is 0.118. The molecule has 1 N–H and O–H groups in total. The van der Waals surface area contributed by atoms with Crippen LogP contribution in [0.15, 0.2) is 54.6 Å². The maximum absolute atomic E-state index is 14.2. The molecule has 1 atom stereocenters. The van der Waals surface area contributed by atoms with Gasteiger partial charge >= 0.3 is 5.97 Å². The van der Waals surface area contributed by atoms with E-state index in [1.807, 2.05) is 37.3 Å². The molecule has 0 bridgehead atoms. The molecule has 0 aliphatic rings. The number of halogens is 1. The van der Waals surface area contributed by atoms with E-state index in [1.54, 1.807) is 12.1 Å². The highest BCUT2D eigenvalue weighted by Gasteiger charge is 2.25. The van der Waals surface area contributed by atoms with Crippen LogP contribution in [0.1, 0.15) is 29.0 Å². The average molecular weight is 311 g/mol. The van der Waals surface area contributed by atoms with Crippen LogP contribution in [-0.4, -0.2) is 26.1 Å². The van der Waals surface area contributed by atoms with Gasteiger partial charge < -0.3 is 5.11 Å². The Balaban J connectivity index is 2.20. The molecule has 23 heavy (non-hydrogen) atoms. The maximum Gasteiger partial charge on any atom is 0.358 e. The van der Waals surface area contributed by atoms with Crippen molar-refractivity contribution in [3.8, 4) is 11.3 Å². The lowest BCUT2D eigenvalue weighted by atomic mass is 10.1. The zero-order valence-corrected chi connectivity index (χ0v) is 12.3. The molecule has 1 unspecified atom stereocenters. The van der Waals surface area contributed by atoms with E-state index in [0.717, 1.165) is 5.56 Å². The summed E-state index contributed by atoms with van der Waals surface area (Å²) in [6, 6.07) is 15.2. The fourth-order valence-corrected chi connectivity index (χ4v) is 2.49. The third kappa shape index (κ3) is 2.70. The van der Waals surface area contributed by atoms with Crippen molar-refractivity contribution < 1.29 is 14.3 Å². The average Bonchev–Trinajstić information content (AvgIpc) is 3.00. The summed E-state index contributed by atoms with van der Waals surface area (Å²) < 4.78 is 15.6. The number of aromatic carboxylic acids is 1. The molecule has 0 aliphatic heterocycles. The Bertz CT molecular complexity index is 846. The first-order valence-corrected chi connectivity index (χ1v) is 7.08. The summed E-state index contributed by atoms with van der Waals surface area (Å²) in [7, 11) is 0. The standard InChI is InChI=1S/C17H14FN3O2/c1-11(12-7-3-2-4-8-12)21-16(15(17(22)23)19-20-21)13-9-5-6-10-14(13)18/h2-11H,1H3,(H,22,23). The lowest BCUT2D eigenvalue weighted by molar-refractivity contribution is 0.0691. The van der Waals surface area contributed by atoms with Crippen LogP contribution in [-0.2, 0) is 0 Å². The van der Waals surface area contributed by atoms with Gasteiger partial charge in [0.25, 0.3) is 0 Å². The van der Waals surface area contributed by atoms with Crippen LogP contribution in [0.25, 0.3) is 11.3 Å². The Morgan fingerprint density at radius 1 is 1.13 bits per heavy atom. The molecule has 6 heteroatoms. The number of hydrogen-bond donors (Lipinski definition) is 1. The van der Waals surface area contributed by atoms with Gasteiger partial charge in [-0.15, -0.1) is 5.10 Å². The lowest BCUT2D eigenvalue weighted by Gasteiger charge is -2.15. The second kappa shape index (κ2) is 6.00. The predicted molar refractivity (Wildman–Crippen MR) is 82.6 cm³/mol. The molecule has 5 nitrogen and oxygen atoms in total. The van der Waals surface area contributed by atoms with Gasteiger partial charge in [0.05, 0.1) is 6.04 Å². The summed E-state index contributed by atoms with van der Waals surface area (Å²) in [4.78, 5) is 11.4. The molecule has 0 saturated heterocycles. The minimum Gasteiger partial charge on any atom is -0.476 e. The van der Waals surface area contributed by atoms with Crippen LogP contribution >= 0.6 is 0 Å². The summed E-state index contributed by atoms with van der Waals surface area (Å²) in [5.41, 5.74) is 0.981. The second-order valence-corrected chi connectivity index (χ2v) is 5.10. The summed E-state index contributed by atoms with van der Waals surface area (Å²) in [5.74, 6) is -1.76. The zero-order valence-electron chi connectivity index (χ0n) is 12.3. The number of carboxylic acids is 1. The molecular weight excluding hydrogens is 297 g/mol. The van der Waals surface area contributed by atoms with E-state index in [4.69, 9.17) is 0 Å². The molecule has 0 amide bonds. The van der Waals surface area contributed by atoms with Crippen LogP contribution in [0.4, 0.5) is 4.39 Å². The smallest absolute Gasteiger partial charge is 0.358 e. The number of carbonyl (C=O) groups is 1. The maximum atomic E-state index is 14.2. The van der Waals surface area contributed by atoms with Crippen molar-refractivity contribution >= 4 is 5.97 Å². The number of carboxylic acid groups (broad SMARTS) is 1. The van der Waals surface area contributed by atoms with E-state index in [1.165, 1.54) is 16.8 Å². The topological polar surface area (TPSA) is 68.0 Å². The quantitative estimate of drug-likeness (QED) is 0.802. The van der Waals surface area contributed by atoms with Crippen LogP contribution < -0.4 is 0 Å². The molecule has 0 radical (unpaired) electrons. The molecule has 2 aromatic carbocycles. The SMILES string of the molecule is CC(c1ccccc1)n1nnc(C(=O)O)c1-c1ccccc1F. The highest BCUT2D eigenvalue weighted by Crippen LogP contribution is 2.29. The number of aromatic nitrogens is 3. The van der Waals surface area contributed by atoms with Gasteiger partial charge in [-0.05, 0) is 24.6 Å². The summed E-state index contributed by atoms with van der Waals surface area (Å²) >= 11 is 0. The second-order valence-electron chi connectivity index (χ2n) is 5.10. The third-order valence-corrected chi connectivity index (χ3v) is 3.67. The van der Waals surface area contributed by atoms with E-state index < -0.39 is 11.8 Å². The molecule has 3 rings (SSSR count). The highest BCUT2D eigenvalue weighted by atomic mass is 19.1. The molecule has 0 saturated carbocycles. The van der Waals surface area contributed by atoms with E-state index in [2.05, 4.69) is 10.3 Å². The Labute approximate surface area is 132 Å². The van der Waals surface area contributed by atoms with Crippen molar-refractivity contribution in [3.05, 3.63) is 71.7 Å². The Hall–Kier alpha value is -3.02. The van der Waals surface area contributed by atoms with Crippen LogP contribution in [0.5, 0.6) is 0 Å². The van der Waals surface area contributed by atoms with Crippen molar-refractivity contribution in [2.45, 2.75) is 13.0 Å². The number of nitrogens with zero attached hydrogens (tertiary/aromatic N) is 3. The fourth-order valence-electron chi connectivity index (χ4n) is 2.49. The van der Waals surface area contributed by atoms with Gasteiger partial charge in [-0.2, -0.15) is 0 Å². The first kappa shape index (κ1) is 14.9. The Kier molecular flexibility index (Phi) is 3.89. The van der Waals surface area contributed by atoms with Crippen LogP contribution in [0.2, 0.25) is 0 Å². The molecule has 0 spiro atoms. The van der Waals surface area contributed by atoms with Gasteiger partial charge in [0, 0.05) is 5.56 Å². The molecule has 116 valence electrons. The van der Waals surface area contributed by atoms with Gasteiger partial charge in [-0.1, -0.05) is 47.7 Å². The molecule has 1 heterocycles. The number of benzene rings is 2. The van der Waals surface area contributed by atoms with Crippen LogP contribution in [0.3, 0.4) is 0 Å². The highest BCUT2D eigenvalue weighted by molar-refractivity contribution is 5.92. The monoisotopic (exact) mass is 311 g/mol. The summed E-state index contributed by atoms with van der Waals surface area (Å²) in [6.45, 7) is 1.86. The molecular formula is C17H14FN3O2. The van der Waals surface area contributed by atoms with Gasteiger partial charge in [0.2, 0.25) is 0 Å². The van der Waals surface area contributed by atoms with E-state index >= 15 is 0 Å². The Morgan fingerprint density at radius 2 is 1.78 bits per heavy atom. The molecule has 1 aromatic heterocycles. The first-order valence-electron chi connectivity index (χ1n) is 7.08. The predicted octanol–water partition coefficient (Wildman–Crippen LogP) is 3.39. The molecule has 0 fully saturated rings. The van der Waals surface area contributed by atoms with Crippen molar-refractivity contribution in [2.75, 3.05) is 0 Å². The normalized spacial score (nSPS) is 12.1. The van der Waals surface area contributed by atoms with Gasteiger partial charge in [0.1, 0.15) is 11.5 Å². The molecule has 0 aliphatic carbocycles. The van der Waals surface area contributed by atoms with Crippen molar-refractivity contribution in [1.29, 1.82) is 0 Å². The minimum atomic E-state index is -1.24. The zero-order chi connectivity index (χ0) is 16.4. The van der Waals surface area contributed by atoms with E-state index in [0.29, 0.717) is 0 Å². The number of hydrogen-bond acceptors (Lipinski definition) is 3. The van der Waals surface area contributed by atoms with Crippen molar-refractivity contribution in [1.82, 2.24) is 15.0 Å². The molecule has 3 aromatic rings. The van der Waals surface area contributed by atoms with Crippen LogP contribution in [0, 0.1) is 5.82 Å². The third-order valence-electron chi connectivity index (χ3n) is 3.67. The number of rotatable bonds is 4. The van der Waals surface area contributed by atoms with E-state index in [9.17, 15) is 14.3 Å². The van der Waals surface area contributed by atoms with E-state index in [-0.39, 0.29) is 23.0 Å². The first-order chi connectivity index (χ1) is 11.1. The Morgan fingerprint density at radius 3 is 2.43 bits per heavy atom. The van der Waals surface area contributed by atoms with Gasteiger partial charge in [-0.25, -0.2) is 13.9 Å². The lowest BCUT2D eigenvalue weighted by Crippen LogP contribution is -2.11. The summed E-state index contributed by atoms with van der Waals surface area (Å²) in [5, 5.41) is 17.0. The largest absolute Gasteiger partial charge is 0.476 e. The minimum absolute atomic E-state index is 0.159. The summed E-state index contributed by atoms with van der Waals surface area (Å²) in [6.07, 6.45) is 0. The van der Waals surface area contributed by atoms with Crippen molar-refractivity contribution in [3.63, 3.8) is 0 Å². The van der Waals surface area contributed by atoms with Gasteiger partial charge in [-0.3, -0.25) is 0 Å². The van der Waals surface area contributed by atoms with Gasteiger partial charge in [0.15, 0.2) is 5.69 Å².